The van der Waals surface area contributed by atoms with Crippen molar-refractivity contribution < 1.29 is 0 Å². The molecule has 5 aliphatic carbocycles. The first kappa shape index (κ1) is 87.0. The zero-order valence-electron chi connectivity index (χ0n) is 81.9. The van der Waals surface area contributed by atoms with Crippen LogP contribution in [0.25, 0.3) is 122 Å². The summed E-state index contributed by atoms with van der Waals surface area (Å²) >= 11 is 0. The lowest BCUT2D eigenvalue weighted by Gasteiger charge is -2.33. The minimum atomic E-state index is -0.209. The van der Waals surface area contributed by atoms with Crippen molar-refractivity contribution in [3.8, 4) is 122 Å². The number of anilines is 6. The highest BCUT2D eigenvalue weighted by molar-refractivity contribution is 5.96. The SMILES string of the molecule is CCC1(C)c2ccccc2-c2ccc(-c3cc(-c4ccc5c(c4)C(C)(CC)c4ccccc4-5)cc(N(c4ccc(-c5ccccc5)cc4)c4ccc(-c5ccccc5)cc4)c3)cc21.Cc1ccc(N(c2cc(-c3ccc4c(c3)C(C)(C)c3cc(C(C)(C)C)ccc3-4)c(C(C)(C)C)c(-c3ccc4c(c3)C(C)(C)c3cc(C(C)(C)C)ccc3-4)c2)c2ccc3c(c2)C(C)(C)c2ccccc2-3)cc1. The number of benzene rings is 17. The van der Waals surface area contributed by atoms with Gasteiger partial charge in [0.1, 0.15) is 0 Å². The van der Waals surface area contributed by atoms with Crippen molar-refractivity contribution in [1.82, 2.24) is 0 Å². The zero-order chi connectivity index (χ0) is 93.2. The summed E-state index contributed by atoms with van der Waals surface area (Å²) in [5.41, 5.74) is 53.8. The van der Waals surface area contributed by atoms with Crippen LogP contribution in [-0.2, 0) is 43.3 Å². The van der Waals surface area contributed by atoms with E-state index in [0.717, 1.165) is 47.0 Å². The molecule has 0 N–H and O–H groups in total. The maximum absolute atomic E-state index is 2.55. The van der Waals surface area contributed by atoms with Crippen molar-refractivity contribution in [2.24, 2.45) is 0 Å². The van der Waals surface area contributed by atoms with Crippen LogP contribution >= 0.6 is 0 Å². The molecule has 5 aliphatic rings. The molecule has 2 unspecified atom stereocenters. The van der Waals surface area contributed by atoms with Gasteiger partial charge in [-0.3, -0.25) is 0 Å². The van der Waals surface area contributed by atoms with Gasteiger partial charge in [0.05, 0.1) is 0 Å². The van der Waals surface area contributed by atoms with Gasteiger partial charge in [-0.05, 0) is 334 Å². The highest BCUT2D eigenvalue weighted by Crippen LogP contribution is 2.60. The molecule has 0 aromatic heterocycles. The van der Waals surface area contributed by atoms with E-state index >= 15 is 0 Å². The van der Waals surface area contributed by atoms with Gasteiger partial charge in [-0.1, -0.05) is 398 Å². The fourth-order valence-electron chi connectivity index (χ4n) is 23.4. The largest absolute Gasteiger partial charge is 0.310 e. The lowest BCUT2D eigenvalue weighted by Crippen LogP contribution is -2.19. The Morgan fingerprint density at radius 1 is 0.194 bits per heavy atom. The van der Waals surface area contributed by atoms with Gasteiger partial charge in [-0.25, -0.2) is 0 Å². The molecule has 0 amide bonds. The van der Waals surface area contributed by atoms with Gasteiger partial charge in [-0.15, -0.1) is 0 Å². The first-order valence-electron chi connectivity index (χ1n) is 48.8. The highest BCUT2D eigenvalue weighted by atomic mass is 15.1. The minimum absolute atomic E-state index is 0.0605. The van der Waals surface area contributed by atoms with Crippen LogP contribution in [0, 0.1) is 6.92 Å². The van der Waals surface area contributed by atoms with E-state index in [1.165, 1.54) is 200 Å². The summed E-state index contributed by atoms with van der Waals surface area (Å²) in [4.78, 5) is 4.97. The molecule has 2 heteroatoms. The van der Waals surface area contributed by atoms with Gasteiger partial charge in [0.2, 0.25) is 0 Å². The van der Waals surface area contributed by atoms with Crippen molar-refractivity contribution in [1.29, 1.82) is 0 Å². The topological polar surface area (TPSA) is 6.48 Å². The van der Waals surface area contributed by atoms with Crippen molar-refractivity contribution in [2.75, 3.05) is 9.80 Å². The molecule has 662 valence electrons. The maximum atomic E-state index is 2.55. The Kier molecular flexibility index (Phi) is 20.8. The first-order chi connectivity index (χ1) is 64.1. The molecule has 17 aromatic carbocycles. The number of hydrogen-bond acceptors (Lipinski definition) is 2. The number of hydrogen-bond donors (Lipinski definition) is 0. The number of fused-ring (bicyclic) bond motifs is 15. The summed E-state index contributed by atoms with van der Waals surface area (Å²) < 4.78 is 0. The van der Waals surface area contributed by atoms with Crippen LogP contribution in [0.1, 0.15) is 222 Å². The van der Waals surface area contributed by atoms with Gasteiger partial charge in [0.15, 0.2) is 0 Å². The quantitative estimate of drug-likeness (QED) is 0.107. The Morgan fingerprint density at radius 3 is 0.881 bits per heavy atom. The Balaban J connectivity index is 0.000000162. The third-order valence-electron chi connectivity index (χ3n) is 31.5. The highest BCUT2D eigenvalue weighted by Gasteiger charge is 2.44. The average molecular weight is 1740 g/mol. The lowest BCUT2D eigenvalue weighted by molar-refractivity contribution is 0.564. The van der Waals surface area contributed by atoms with Gasteiger partial charge >= 0.3 is 0 Å². The molecule has 17 aromatic rings. The molecule has 134 heavy (non-hydrogen) atoms. The smallest absolute Gasteiger partial charge is 0.0474 e. The monoisotopic (exact) mass is 1740 g/mol. The summed E-state index contributed by atoms with van der Waals surface area (Å²) in [6.45, 7) is 47.4. The van der Waals surface area contributed by atoms with Crippen molar-refractivity contribution >= 4 is 34.1 Å². The van der Waals surface area contributed by atoms with Gasteiger partial charge in [0, 0.05) is 61.2 Å². The molecule has 0 spiro atoms. The Hall–Kier alpha value is -13.7. The summed E-state index contributed by atoms with van der Waals surface area (Å²) in [6, 6.07) is 139. The summed E-state index contributed by atoms with van der Waals surface area (Å²) in [5.74, 6) is 0. The second kappa shape index (κ2) is 32.1. The fraction of sp³-hybridized carbons (Fsp3) is 0.227. The Morgan fingerprint density at radius 2 is 0.478 bits per heavy atom. The average Bonchev–Trinajstić information content (AvgIpc) is 1.50. The molecule has 0 bridgehead atoms. The van der Waals surface area contributed by atoms with Crippen LogP contribution in [-0.4, -0.2) is 0 Å². The molecule has 0 saturated heterocycles. The third kappa shape index (κ3) is 14.4. The normalized spacial score (nSPS) is 16.2. The van der Waals surface area contributed by atoms with E-state index < -0.39 is 0 Å². The third-order valence-corrected chi connectivity index (χ3v) is 31.5. The molecule has 0 aliphatic heterocycles. The van der Waals surface area contributed by atoms with E-state index in [4.69, 9.17) is 0 Å². The van der Waals surface area contributed by atoms with Crippen molar-refractivity contribution in [3.05, 3.63) is 442 Å². The first-order valence-corrected chi connectivity index (χ1v) is 48.8. The minimum Gasteiger partial charge on any atom is -0.310 e. The van der Waals surface area contributed by atoms with Crippen molar-refractivity contribution in [3.63, 3.8) is 0 Å². The van der Waals surface area contributed by atoms with Crippen LogP contribution in [0.15, 0.2) is 364 Å². The summed E-state index contributed by atoms with van der Waals surface area (Å²) in [5, 5.41) is 0. The number of aryl methyl sites for hydroxylation is 1. The van der Waals surface area contributed by atoms with E-state index in [9.17, 15) is 0 Å². The predicted molar refractivity (Wildman–Crippen MR) is 573 cm³/mol. The molecule has 0 saturated carbocycles. The van der Waals surface area contributed by atoms with E-state index in [1.807, 2.05) is 0 Å². The molecular formula is C132H124N2. The van der Waals surface area contributed by atoms with Gasteiger partial charge in [-0.2, -0.15) is 0 Å². The van der Waals surface area contributed by atoms with Crippen LogP contribution in [0.5, 0.6) is 0 Å². The molecular weight excluding hydrogens is 1610 g/mol. The van der Waals surface area contributed by atoms with E-state index in [1.54, 1.807) is 0 Å². The van der Waals surface area contributed by atoms with Crippen LogP contribution in [0.3, 0.4) is 0 Å². The van der Waals surface area contributed by atoms with E-state index in [0.29, 0.717) is 0 Å². The molecule has 2 atom stereocenters. The van der Waals surface area contributed by atoms with Crippen LogP contribution in [0.4, 0.5) is 34.1 Å². The van der Waals surface area contributed by atoms with Crippen LogP contribution < -0.4 is 9.80 Å². The second-order valence-electron chi connectivity index (χ2n) is 43.9. The summed E-state index contributed by atoms with van der Waals surface area (Å²) in [6.07, 6.45) is 2.07. The van der Waals surface area contributed by atoms with Crippen molar-refractivity contribution in [2.45, 2.75) is 195 Å². The predicted octanol–water partition coefficient (Wildman–Crippen LogP) is 36.8. The molecule has 0 heterocycles. The lowest BCUT2D eigenvalue weighted by atomic mass is 9.75. The second-order valence-corrected chi connectivity index (χ2v) is 43.9. The zero-order valence-corrected chi connectivity index (χ0v) is 81.9. The molecule has 0 fully saturated rings. The van der Waals surface area contributed by atoms with E-state index in [2.05, 4.69) is 512 Å². The van der Waals surface area contributed by atoms with Gasteiger partial charge in [0.25, 0.3) is 0 Å². The Labute approximate surface area is 797 Å². The van der Waals surface area contributed by atoms with Gasteiger partial charge < -0.3 is 9.80 Å². The number of rotatable bonds is 14. The summed E-state index contributed by atoms with van der Waals surface area (Å²) in [7, 11) is 0. The molecule has 22 rings (SSSR count). The number of nitrogens with zero attached hydrogens (tertiary/aromatic N) is 2. The maximum Gasteiger partial charge on any atom is 0.0474 e. The molecule has 2 nitrogen and oxygen atoms in total. The molecule has 0 radical (unpaired) electrons. The standard InChI is InChI=1S/C70H73N.C62H51N/c1-42-21-27-47(28-22-42)71(48-29-34-55-50-19-17-18-20-58(50)68(11,12)63(55)41-48)49-39-56(43-23-30-51-53-32-25-45(65(2,3)4)37-61(53)69(13,14)59(51)35-43)64(67(8,9)10)57(40-49)44-24-31-52-54-33-26-46(66(5,6)7)38-62(54)70(15,16)60(52)36-44;1-5-61(3)57-23-15-13-21-53(57)55-35-29-46(40-59(55)61)48-37-49(47-30-36-56-54-22-14-16-24-58(54)62(4,6-2)60(56)41-47)39-52(38-48)63(50-31-25-44(26-32-50)42-17-9-7-10-18-42)51-33-27-45(28-34-51)43-19-11-8-12-20-43/h17-41H,1-16H3;7-41H,5-6H2,1-4H3. The van der Waals surface area contributed by atoms with Crippen LogP contribution in [0.2, 0.25) is 0 Å². The fourth-order valence-corrected chi connectivity index (χ4v) is 23.4. The Bertz CT molecular complexity index is 7180. The van der Waals surface area contributed by atoms with E-state index in [-0.39, 0.29) is 43.3 Å².